The summed E-state index contributed by atoms with van der Waals surface area (Å²) in [5.41, 5.74) is 2.14. The highest BCUT2D eigenvalue weighted by Crippen LogP contribution is 2.27. The van der Waals surface area contributed by atoms with Crippen LogP contribution in [0.2, 0.25) is 0 Å². The van der Waals surface area contributed by atoms with E-state index in [4.69, 9.17) is 10.1 Å². The second-order valence-electron chi connectivity index (χ2n) is 5.70. The van der Waals surface area contributed by atoms with Crippen molar-refractivity contribution < 1.29 is 9.63 Å². The van der Waals surface area contributed by atoms with Crippen LogP contribution in [-0.2, 0) is 16.2 Å². The van der Waals surface area contributed by atoms with Crippen molar-refractivity contribution in [3.8, 4) is 6.07 Å². The average molecular weight is 334 g/mol. The summed E-state index contributed by atoms with van der Waals surface area (Å²) < 4.78 is 0. The van der Waals surface area contributed by atoms with Crippen LogP contribution in [0.4, 0.5) is 0 Å². The number of carbonyl (C=O) groups excluding carboxylic acids is 1. The number of hydrogen-bond acceptors (Lipinski definition) is 5. The molecule has 0 radical (unpaired) electrons. The van der Waals surface area contributed by atoms with Gasteiger partial charge >= 0.3 is 0 Å². The molecule has 1 aromatic heterocycles. The first-order valence-electron chi connectivity index (χ1n) is 8.11. The minimum atomic E-state index is -0.243. The molecule has 0 fully saturated rings. The molecule has 6 heteroatoms. The van der Waals surface area contributed by atoms with Crippen molar-refractivity contribution in [3.05, 3.63) is 66.0 Å². The van der Waals surface area contributed by atoms with Crippen LogP contribution in [0, 0.1) is 11.3 Å². The fourth-order valence-corrected chi connectivity index (χ4v) is 2.66. The van der Waals surface area contributed by atoms with E-state index in [0.717, 1.165) is 11.3 Å². The fourth-order valence-electron chi connectivity index (χ4n) is 2.66. The zero-order chi connectivity index (χ0) is 17.5. The number of nitrogens with zero attached hydrogens (tertiary/aromatic N) is 4. The van der Waals surface area contributed by atoms with E-state index in [2.05, 4.69) is 16.2 Å². The summed E-state index contributed by atoms with van der Waals surface area (Å²) in [4.78, 5) is 24.1. The van der Waals surface area contributed by atoms with E-state index in [1.807, 2.05) is 48.5 Å². The first kappa shape index (κ1) is 16.7. The smallest absolute Gasteiger partial charge is 0.272 e. The van der Waals surface area contributed by atoms with E-state index in [-0.39, 0.29) is 18.4 Å². The summed E-state index contributed by atoms with van der Waals surface area (Å²) in [5.74, 6) is -0.209. The SMILES string of the molecule is N#CCCN(Cc1ccccn1)C(=O)C1=NO[C@@H](c2ccccc2)C1. The molecule has 2 heterocycles. The maximum Gasteiger partial charge on any atom is 0.272 e. The number of pyridine rings is 1. The second kappa shape index (κ2) is 8.06. The monoisotopic (exact) mass is 334 g/mol. The molecule has 0 saturated heterocycles. The molecule has 0 unspecified atom stereocenters. The highest BCUT2D eigenvalue weighted by molar-refractivity contribution is 6.39. The highest BCUT2D eigenvalue weighted by Gasteiger charge is 2.30. The van der Waals surface area contributed by atoms with Gasteiger partial charge in [0.05, 0.1) is 24.7 Å². The van der Waals surface area contributed by atoms with Gasteiger partial charge in [-0.1, -0.05) is 41.6 Å². The van der Waals surface area contributed by atoms with Gasteiger partial charge in [0.25, 0.3) is 5.91 Å². The standard InChI is InChI=1S/C19H18N4O2/c20-10-6-12-23(14-16-9-4-5-11-21-16)19(24)17-13-18(25-22-17)15-7-2-1-3-8-15/h1-5,7-9,11,18H,6,12-14H2/t18-/m1/s1. The Labute approximate surface area is 146 Å². The Balaban J connectivity index is 1.69. The van der Waals surface area contributed by atoms with Gasteiger partial charge in [-0.15, -0.1) is 0 Å². The van der Waals surface area contributed by atoms with E-state index >= 15 is 0 Å². The molecule has 25 heavy (non-hydrogen) atoms. The summed E-state index contributed by atoms with van der Waals surface area (Å²) in [6.07, 6.45) is 2.13. The largest absolute Gasteiger partial charge is 0.387 e. The number of nitriles is 1. The Kier molecular flexibility index (Phi) is 5.37. The van der Waals surface area contributed by atoms with Crippen LogP contribution in [0.3, 0.4) is 0 Å². The Morgan fingerprint density at radius 3 is 2.76 bits per heavy atom. The lowest BCUT2D eigenvalue weighted by molar-refractivity contribution is -0.124. The van der Waals surface area contributed by atoms with Crippen LogP contribution in [0.15, 0.2) is 59.9 Å². The van der Waals surface area contributed by atoms with Crippen LogP contribution in [-0.4, -0.2) is 28.0 Å². The number of oxime groups is 1. The van der Waals surface area contributed by atoms with Crippen LogP contribution in [0.25, 0.3) is 0 Å². The van der Waals surface area contributed by atoms with Gasteiger partial charge in [0.2, 0.25) is 0 Å². The number of carbonyl (C=O) groups is 1. The molecular weight excluding hydrogens is 316 g/mol. The molecule has 1 atom stereocenters. The topological polar surface area (TPSA) is 78.6 Å². The number of hydrogen-bond donors (Lipinski definition) is 0. The predicted molar refractivity (Wildman–Crippen MR) is 92.2 cm³/mol. The van der Waals surface area contributed by atoms with Gasteiger partial charge in [0.1, 0.15) is 5.71 Å². The lowest BCUT2D eigenvalue weighted by atomic mass is 10.0. The van der Waals surface area contributed by atoms with Gasteiger partial charge in [0, 0.05) is 19.2 Å². The molecule has 3 rings (SSSR count). The van der Waals surface area contributed by atoms with Gasteiger partial charge < -0.3 is 9.74 Å². The fraction of sp³-hybridized carbons (Fsp3) is 0.263. The van der Waals surface area contributed by atoms with Gasteiger partial charge in [0.15, 0.2) is 6.10 Å². The quantitative estimate of drug-likeness (QED) is 0.814. The van der Waals surface area contributed by atoms with Gasteiger partial charge in [-0.25, -0.2) is 0 Å². The first-order chi connectivity index (χ1) is 12.3. The summed E-state index contributed by atoms with van der Waals surface area (Å²) in [6.45, 7) is 0.678. The Morgan fingerprint density at radius 1 is 1.24 bits per heavy atom. The van der Waals surface area contributed by atoms with E-state index in [1.165, 1.54) is 0 Å². The van der Waals surface area contributed by atoms with Crippen LogP contribution in [0.5, 0.6) is 0 Å². The number of amides is 1. The lowest BCUT2D eigenvalue weighted by Crippen LogP contribution is -2.36. The van der Waals surface area contributed by atoms with E-state index in [9.17, 15) is 4.79 Å². The van der Waals surface area contributed by atoms with Gasteiger partial charge in [-0.05, 0) is 17.7 Å². The zero-order valence-electron chi connectivity index (χ0n) is 13.7. The summed E-state index contributed by atoms with van der Waals surface area (Å²) in [6, 6.07) is 17.3. The maximum atomic E-state index is 12.8. The number of aromatic nitrogens is 1. The van der Waals surface area contributed by atoms with Crippen molar-refractivity contribution in [1.82, 2.24) is 9.88 Å². The molecule has 1 aliphatic heterocycles. The molecule has 0 aliphatic carbocycles. The van der Waals surface area contributed by atoms with E-state index < -0.39 is 0 Å². The highest BCUT2D eigenvalue weighted by atomic mass is 16.6. The molecule has 1 aromatic carbocycles. The normalized spacial score (nSPS) is 15.8. The average Bonchev–Trinajstić information content (AvgIpc) is 3.16. The van der Waals surface area contributed by atoms with Crippen molar-refractivity contribution in [2.45, 2.75) is 25.5 Å². The Bertz CT molecular complexity index is 784. The summed E-state index contributed by atoms with van der Waals surface area (Å²) in [5, 5.41) is 12.8. The van der Waals surface area contributed by atoms with E-state index in [0.29, 0.717) is 25.2 Å². The van der Waals surface area contributed by atoms with Crippen molar-refractivity contribution in [2.24, 2.45) is 5.16 Å². The summed E-state index contributed by atoms with van der Waals surface area (Å²) >= 11 is 0. The van der Waals surface area contributed by atoms with Crippen molar-refractivity contribution in [3.63, 3.8) is 0 Å². The minimum Gasteiger partial charge on any atom is -0.387 e. The molecule has 6 nitrogen and oxygen atoms in total. The Morgan fingerprint density at radius 2 is 2.04 bits per heavy atom. The molecule has 0 N–H and O–H groups in total. The lowest BCUT2D eigenvalue weighted by Gasteiger charge is -2.20. The second-order valence-corrected chi connectivity index (χ2v) is 5.70. The van der Waals surface area contributed by atoms with Crippen molar-refractivity contribution >= 4 is 11.6 Å². The third kappa shape index (κ3) is 4.21. The number of rotatable bonds is 6. The molecule has 2 aromatic rings. The third-order valence-corrected chi connectivity index (χ3v) is 3.95. The Hall–Kier alpha value is -3.20. The van der Waals surface area contributed by atoms with Crippen LogP contribution < -0.4 is 0 Å². The summed E-state index contributed by atoms with van der Waals surface area (Å²) in [7, 11) is 0. The molecule has 0 spiro atoms. The van der Waals surface area contributed by atoms with Crippen molar-refractivity contribution in [2.75, 3.05) is 6.54 Å². The third-order valence-electron chi connectivity index (χ3n) is 3.95. The van der Waals surface area contributed by atoms with Gasteiger partial charge in [-0.3, -0.25) is 9.78 Å². The minimum absolute atomic E-state index is 0.209. The van der Waals surface area contributed by atoms with Crippen LogP contribution in [0.1, 0.15) is 30.2 Å². The zero-order valence-corrected chi connectivity index (χ0v) is 13.7. The first-order valence-corrected chi connectivity index (χ1v) is 8.11. The molecule has 0 saturated carbocycles. The number of benzene rings is 1. The molecule has 126 valence electrons. The van der Waals surface area contributed by atoms with Gasteiger partial charge in [-0.2, -0.15) is 5.26 Å². The molecule has 1 amide bonds. The molecule has 0 bridgehead atoms. The predicted octanol–water partition coefficient (Wildman–Crippen LogP) is 2.84. The van der Waals surface area contributed by atoms with E-state index in [1.54, 1.807) is 11.1 Å². The van der Waals surface area contributed by atoms with Crippen LogP contribution >= 0.6 is 0 Å². The van der Waals surface area contributed by atoms with Crippen molar-refractivity contribution in [1.29, 1.82) is 5.26 Å². The molecule has 1 aliphatic rings. The molecular formula is C19H18N4O2. The maximum absolute atomic E-state index is 12.8.